The van der Waals surface area contributed by atoms with Crippen molar-refractivity contribution in [3.05, 3.63) is 46.1 Å². The summed E-state index contributed by atoms with van der Waals surface area (Å²) >= 11 is 7.37. The van der Waals surface area contributed by atoms with Gasteiger partial charge in [-0.1, -0.05) is 23.7 Å². The SMILES string of the molecule is NC(N)=N/N=C1/CCc2c(NS(=O)(=O)c3c(Cl)nc4sccn34)cccc21. The molecule has 1 aliphatic carbocycles. The number of benzene rings is 1. The highest BCUT2D eigenvalue weighted by atomic mass is 35.5. The first kappa shape index (κ1) is 17.8. The number of nitrogens with two attached hydrogens (primary N) is 2. The summed E-state index contributed by atoms with van der Waals surface area (Å²) in [6.07, 6.45) is 2.83. The molecule has 140 valence electrons. The van der Waals surface area contributed by atoms with Crippen molar-refractivity contribution in [1.82, 2.24) is 9.38 Å². The van der Waals surface area contributed by atoms with Crippen molar-refractivity contribution in [1.29, 1.82) is 0 Å². The van der Waals surface area contributed by atoms with E-state index in [1.54, 1.807) is 23.7 Å². The van der Waals surface area contributed by atoms with Gasteiger partial charge < -0.3 is 11.5 Å². The average molecular weight is 424 g/mol. The van der Waals surface area contributed by atoms with Gasteiger partial charge in [0.25, 0.3) is 10.0 Å². The number of rotatable bonds is 4. The van der Waals surface area contributed by atoms with Crippen LogP contribution in [0.15, 0.2) is 45.0 Å². The maximum Gasteiger partial charge on any atom is 0.281 e. The summed E-state index contributed by atoms with van der Waals surface area (Å²) in [4.78, 5) is 4.58. The third-order valence-corrected chi connectivity index (χ3v) is 6.58. The summed E-state index contributed by atoms with van der Waals surface area (Å²) in [7, 11) is -3.94. The molecule has 0 aliphatic heterocycles. The lowest BCUT2D eigenvalue weighted by Gasteiger charge is -2.11. The van der Waals surface area contributed by atoms with Crippen LogP contribution in [0.4, 0.5) is 5.69 Å². The Balaban J connectivity index is 1.74. The molecule has 12 heteroatoms. The third-order valence-electron chi connectivity index (χ3n) is 4.06. The Hall–Kier alpha value is -2.63. The Kier molecular flexibility index (Phi) is 4.29. The van der Waals surface area contributed by atoms with E-state index in [4.69, 9.17) is 23.1 Å². The van der Waals surface area contributed by atoms with Gasteiger partial charge in [0.2, 0.25) is 5.96 Å². The van der Waals surface area contributed by atoms with Crippen molar-refractivity contribution in [3.63, 3.8) is 0 Å². The molecule has 0 saturated heterocycles. The van der Waals surface area contributed by atoms with Crippen molar-refractivity contribution >= 4 is 55.3 Å². The van der Waals surface area contributed by atoms with E-state index in [0.717, 1.165) is 11.1 Å². The van der Waals surface area contributed by atoms with E-state index in [0.29, 0.717) is 29.2 Å². The molecule has 0 spiro atoms. The first-order valence-electron chi connectivity index (χ1n) is 7.78. The number of fused-ring (bicyclic) bond motifs is 2. The van der Waals surface area contributed by atoms with Crippen LogP contribution in [-0.2, 0) is 16.4 Å². The molecule has 27 heavy (non-hydrogen) atoms. The first-order chi connectivity index (χ1) is 12.9. The molecular weight excluding hydrogens is 410 g/mol. The minimum atomic E-state index is -3.94. The summed E-state index contributed by atoms with van der Waals surface area (Å²) in [6, 6.07) is 5.29. The molecule has 0 radical (unpaired) electrons. The number of sulfonamides is 1. The van der Waals surface area contributed by atoms with E-state index in [-0.39, 0.29) is 16.1 Å². The van der Waals surface area contributed by atoms with Crippen LogP contribution in [0.3, 0.4) is 0 Å². The van der Waals surface area contributed by atoms with E-state index in [1.807, 2.05) is 6.07 Å². The topological polar surface area (TPSA) is 140 Å². The van der Waals surface area contributed by atoms with Gasteiger partial charge >= 0.3 is 0 Å². The standard InChI is InChI=1S/C15H14ClN7O2S2/c16-12-13(23-6-7-26-15(23)19-12)27(24,25)22-11-3-1-2-8-9(11)4-5-10(8)20-21-14(17)18/h1-3,6-7,22H,4-5H2,(H4,17,18,21)/b20-10-. The number of hydrogen-bond donors (Lipinski definition) is 3. The molecule has 0 fully saturated rings. The predicted molar refractivity (Wildman–Crippen MR) is 106 cm³/mol. The van der Waals surface area contributed by atoms with Gasteiger partial charge in [0, 0.05) is 17.1 Å². The van der Waals surface area contributed by atoms with Crippen molar-refractivity contribution < 1.29 is 8.42 Å². The Bertz CT molecular complexity index is 1210. The van der Waals surface area contributed by atoms with Crippen LogP contribution >= 0.6 is 22.9 Å². The fraction of sp³-hybridized carbons (Fsp3) is 0.133. The normalized spacial score (nSPS) is 15.2. The number of anilines is 1. The Labute approximate surface area is 163 Å². The van der Waals surface area contributed by atoms with E-state index in [2.05, 4.69) is 19.9 Å². The maximum atomic E-state index is 13.0. The summed E-state index contributed by atoms with van der Waals surface area (Å²) in [5, 5.41) is 9.30. The van der Waals surface area contributed by atoms with Crippen molar-refractivity contribution in [2.75, 3.05) is 4.72 Å². The minimum Gasteiger partial charge on any atom is -0.369 e. The third kappa shape index (κ3) is 3.13. The zero-order chi connectivity index (χ0) is 19.2. The van der Waals surface area contributed by atoms with Crippen molar-refractivity contribution in [2.24, 2.45) is 21.7 Å². The molecule has 5 N–H and O–H groups in total. The number of nitrogens with one attached hydrogen (secondary N) is 1. The van der Waals surface area contributed by atoms with E-state index < -0.39 is 10.0 Å². The lowest BCUT2D eigenvalue weighted by Crippen LogP contribution is -2.22. The van der Waals surface area contributed by atoms with Gasteiger partial charge in [-0.3, -0.25) is 9.12 Å². The largest absolute Gasteiger partial charge is 0.369 e. The summed E-state index contributed by atoms with van der Waals surface area (Å²) < 4.78 is 30.0. The smallest absolute Gasteiger partial charge is 0.281 e. The summed E-state index contributed by atoms with van der Waals surface area (Å²) in [5.41, 5.74) is 13.4. The summed E-state index contributed by atoms with van der Waals surface area (Å²) in [5.74, 6) is -0.136. The number of aromatic nitrogens is 2. The molecule has 0 bridgehead atoms. The number of guanidine groups is 1. The molecule has 2 heterocycles. The van der Waals surface area contributed by atoms with Gasteiger partial charge in [-0.2, -0.15) is 13.5 Å². The van der Waals surface area contributed by atoms with Gasteiger partial charge in [0.1, 0.15) is 0 Å². The van der Waals surface area contributed by atoms with Gasteiger partial charge in [-0.15, -0.1) is 16.4 Å². The number of hydrogen-bond acceptors (Lipinski definition) is 6. The number of thiazole rings is 1. The first-order valence-corrected chi connectivity index (χ1v) is 10.5. The summed E-state index contributed by atoms with van der Waals surface area (Å²) in [6.45, 7) is 0. The predicted octanol–water partition coefficient (Wildman–Crippen LogP) is 1.77. The van der Waals surface area contributed by atoms with Crippen LogP contribution in [0, 0.1) is 0 Å². The molecule has 3 aromatic rings. The van der Waals surface area contributed by atoms with Crippen LogP contribution in [0.5, 0.6) is 0 Å². The highest BCUT2D eigenvalue weighted by Gasteiger charge is 2.28. The number of nitrogens with zero attached hydrogens (tertiary/aromatic N) is 4. The number of imidazole rings is 1. The zero-order valence-electron chi connectivity index (χ0n) is 13.8. The fourth-order valence-corrected chi connectivity index (χ4v) is 5.54. The van der Waals surface area contributed by atoms with Crippen molar-refractivity contribution in [3.8, 4) is 0 Å². The van der Waals surface area contributed by atoms with Crippen LogP contribution in [-0.4, -0.2) is 29.5 Å². The Morgan fingerprint density at radius 1 is 1.33 bits per heavy atom. The van der Waals surface area contributed by atoms with Crippen LogP contribution < -0.4 is 16.2 Å². The molecule has 9 nitrogen and oxygen atoms in total. The Morgan fingerprint density at radius 3 is 2.93 bits per heavy atom. The van der Waals surface area contributed by atoms with Gasteiger partial charge in [0.05, 0.1) is 11.4 Å². The van der Waals surface area contributed by atoms with Crippen LogP contribution in [0.1, 0.15) is 17.5 Å². The molecule has 0 atom stereocenters. The van der Waals surface area contributed by atoms with Gasteiger partial charge in [-0.05, 0) is 24.5 Å². The molecule has 0 saturated carbocycles. The Morgan fingerprint density at radius 2 is 2.15 bits per heavy atom. The van der Waals surface area contributed by atoms with E-state index in [9.17, 15) is 8.42 Å². The average Bonchev–Trinajstić information content (AvgIpc) is 3.26. The van der Waals surface area contributed by atoms with Crippen LogP contribution in [0.25, 0.3) is 4.96 Å². The zero-order valence-corrected chi connectivity index (χ0v) is 16.1. The molecule has 4 rings (SSSR count). The lowest BCUT2D eigenvalue weighted by molar-refractivity contribution is 0.596. The molecule has 2 aromatic heterocycles. The highest BCUT2D eigenvalue weighted by molar-refractivity contribution is 7.92. The molecule has 0 unspecified atom stereocenters. The second kappa shape index (κ2) is 6.51. The molecular formula is C15H14ClN7O2S2. The van der Waals surface area contributed by atoms with Gasteiger partial charge in [-0.25, -0.2) is 4.98 Å². The van der Waals surface area contributed by atoms with Crippen LogP contribution in [0.2, 0.25) is 5.15 Å². The van der Waals surface area contributed by atoms with E-state index >= 15 is 0 Å². The molecule has 1 aromatic carbocycles. The molecule has 0 amide bonds. The number of halogens is 1. The second-order valence-electron chi connectivity index (χ2n) is 5.77. The fourth-order valence-electron chi connectivity index (χ4n) is 2.99. The quantitative estimate of drug-likeness (QED) is 0.333. The molecule has 1 aliphatic rings. The van der Waals surface area contributed by atoms with E-state index in [1.165, 1.54) is 15.7 Å². The monoisotopic (exact) mass is 423 g/mol. The van der Waals surface area contributed by atoms with Gasteiger partial charge in [0.15, 0.2) is 15.1 Å². The maximum absolute atomic E-state index is 13.0. The highest BCUT2D eigenvalue weighted by Crippen LogP contribution is 2.32. The second-order valence-corrected chi connectivity index (χ2v) is 8.60. The minimum absolute atomic E-state index is 0.0723. The van der Waals surface area contributed by atoms with Crippen molar-refractivity contribution in [2.45, 2.75) is 17.9 Å². The lowest BCUT2D eigenvalue weighted by atomic mass is 10.1.